The lowest BCUT2D eigenvalue weighted by Gasteiger charge is -2.47. The van der Waals surface area contributed by atoms with Gasteiger partial charge in [0, 0.05) is 23.1 Å². The van der Waals surface area contributed by atoms with Crippen molar-refractivity contribution < 1.29 is 9.53 Å². The van der Waals surface area contributed by atoms with Crippen molar-refractivity contribution in [1.82, 2.24) is 10.2 Å². The summed E-state index contributed by atoms with van der Waals surface area (Å²) in [5.74, 6) is 1.17. The topological polar surface area (TPSA) is 41.6 Å². The minimum absolute atomic E-state index is 0.0291. The molecule has 0 aromatic heterocycles. The number of hydrogen-bond donors (Lipinski definition) is 1. The molecule has 148 valence electrons. The average molecular weight is 391 g/mol. The Morgan fingerprint density at radius 3 is 2.70 bits per heavy atom. The van der Waals surface area contributed by atoms with Crippen LogP contribution in [0.4, 0.5) is 0 Å². The predicted octanol–water partition coefficient (Wildman–Crippen LogP) is 4.75. The minimum Gasteiger partial charge on any atom is -0.492 e. The van der Waals surface area contributed by atoms with Gasteiger partial charge in [0.05, 0.1) is 12.2 Å². The second kappa shape index (κ2) is 8.00. The molecule has 2 bridgehead atoms. The molecular weight excluding hydrogens is 360 g/mol. The van der Waals surface area contributed by atoms with Crippen molar-refractivity contribution >= 4 is 17.5 Å². The first-order valence-corrected chi connectivity index (χ1v) is 10.9. The van der Waals surface area contributed by atoms with Gasteiger partial charge in [-0.2, -0.15) is 0 Å². The molecule has 3 unspecified atom stereocenters. The first-order valence-electron chi connectivity index (χ1n) is 10.6. The number of carbonyl (C=O) groups excluding carboxylic acids is 1. The summed E-state index contributed by atoms with van der Waals surface area (Å²) in [6.45, 7) is 2.88. The summed E-state index contributed by atoms with van der Waals surface area (Å²) in [7, 11) is 2.24. The van der Waals surface area contributed by atoms with Gasteiger partial charge in [-0.05, 0) is 69.2 Å². The second-order valence-corrected chi connectivity index (χ2v) is 8.98. The number of halogens is 1. The van der Waals surface area contributed by atoms with Crippen molar-refractivity contribution in [2.45, 2.75) is 82.3 Å². The fraction of sp³-hybridized carbons (Fsp3) is 0.682. The third-order valence-electron chi connectivity index (χ3n) is 6.79. The standard InChI is InChI=1S/C22H31ClN2O2/c1-3-5-14-8-9-27-21-19(14)10-15(23)11-20(21)22(26)24-16-12-17-6-4-7-18(13-16)25(17)2/h10-11,14,16-18H,3-9,12-13H2,1-2H3,(H,24,26). The SMILES string of the molecule is CCCC1CCOc2c(C(=O)NC3CC4CCCC(C3)N4C)cc(Cl)cc21. The summed E-state index contributed by atoms with van der Waals surface area (Å²) in [6.07, 6.45) is 9.12. The molecule has 0 spiro atoms. The van der Waals surface area contributed by atoms with Crippen molar-refractivity contribution in [2.75, 3.05) is 13.7 Å². The van der Waals surface area contributed by atoms with Crippen LogP contribution in [-0.4, -0.2) is 42.6 Å². The van der Waals surface area contributed by atoms with Crippen molar-refractivity contribution in [3.05, 3.63) is 28.3 Å². The van der Waals surface area contributed by atoms with E-state index in [1.54, 1.807) is 6.07 Å². The number of amides is 1. The lowest BCUT2D eigenvalue weighted by molar-refractivity contribution is 0.0462. The number of ether oxygens (including phenoxy) is 1. The smallest absolute Gasteiger partial charge is 0.255 e. The van der Waals surface area contributed by atoms with Crippen molar-refractivity contribution in [1.29, 1.82) is 0 Å². The van der Waals surface area contributed by atoms with Crippen LogP contribution in [0.3, 0.4) is 0 Å². The number of carbonyl (C=O) groups is 1. The van der Waals surface area contributed by atoms with Gasteiger partial charge >= 0.3 is 0 Å². The number of hydrogen-bond acceptors (Lipinski definition) is 3. The maximum Gasteiger partial charge on any atom is 0.255 e. The van der Waals surface area contributed by atoms with E-state index in [2.05, 4.69) is 24.2 Å². The van der Waals surface area contributed by atoms with Crippen LogP contribution in [0, 0.1) is 0 Å². The Labute approximate surface area is 167 Å². The fourth-order valence-corrected chi connectivity index (χ4v) is 5.58. The first kappa shape index (κ1) is 19.1. The number of rotatable bonds is 4. The van der Waals surface area contributed by atoms with Crippen LogP contribution in [0.2, 0.25) is 5.02 Å². The minimum atomic E-state index is -0.0291. The Morgan fingerprint density at radius 1 is 1.26 bits per heavy atom. The number of benzene rings is 1. The third-order valence-corrected chi connectivity index (χ3v) is 7.01. The summed E-state index contributed by atoms with van der Waals surface area (Å²) >= 11 is 6.39. The molecule has 1 N–H and O–H groups in total. The number of piperidine rings is 2. The molecule has 5 heteroatoms. The van der Waals surface area contributed by atoms with E-state index in [-0.39, 0.29) is 11.9 Å². The van der Waals surface area contributed by atoms with Gasteiger partial charge < -0.3 is 15.0 Å². The molecule has 2 fully saturated rings. The molecule has 4 nitrogen and oxygen atoms in total. The molecule has 0 radical (unpaired) electrons. The van der Waals surface area contributed by atoms with Crippen molar-refractivity contribution in [3.8, 4) is 5.75 Å². The molecule has 1 amide bonds. The van der Waals surface area contributed by atoms with Crippen LogP contribution in [0.1, 0.15) is 80.1 Å². The van der Waals surface area contributed by atoms with E-state index in [0.717, 1.165) is 43.4 Å². The van der Waals surface area contributed by atoms with Gasteiger partial charge in [0.2, 0.25) is 0 Å². The summed E-state index contributed by atoms with van der Waals surface area (Å²) in [6, 6.07) is 5.21. The van der Waals surface area contributed by atoms with E-state index in [4.69, 9.17) is 16.3 Å². The van der Waals surface area contributed by atoms with Crippen LogP contribution >= 0.6 is 11.6 Å². The maximum absolute atomic E-state index is 13.1. The van der Waals surface area contributed by atoms with Gasteiger partial charge in [0.25, 0.3) is 5.91 Å². The van der Waals surface area contributed by atoms with Gasteiger partial charge in [-0.3, -0.25) is 4.79 Å². The summed E-state index contributed by atoms with van der Waals surface area (Å²) in [4.78, 5) is 15.7. The summed E-state index contributed by atoms with van der Waals surface area (Å²) in [5.41, 5.74) is 1.73. The number of fused-ring (bicyclic) bond motifs is 3. The molecule has 4 rings (SSSR count). The third kappa shape index (κ3) is 3.84. The zero-order valence-corrected chi connectivity index (χ0v) is 17.2. The summed E-state index contributed by atoms with van der Waals surface area (Å²) < 4.78 is 5.96. The van der Waals surface area contributed by atoms with Gasteiger partial charge in [0.15, 0.2) is 0 Å². The molecule has 3 aliphatic heterocycles. The molecule has 27 heavy (non-hydrogen) atoms. The molecule has 0 aliphatic carbocycles. The maximum atomic E-state index is 13.1. The molecule has 3 atom stereocenters. The quantitative estimate of drug-likeness (QED) is 0.806. The van der Waals surface area contributed by atoms with Crippen LogP contribution < -0.4 is 10.1 Å². The predicted molar refractivity (Wildman–Crippen MR) is 109 cm³/mol. The van der Waals surface area contributed by atoms with Gasteiger partial charge in [0.1, 0.15) is 5.75 Å². The summed E-state index contributed by atoms with van der Waals surface area (Å²) in [5, 5.41) is 3.93. The Kier molecular flexibility index (Phi) is 5.65. The number of nitrogens with zero attached hydrogens (tertiary/aromatic N) is 1. The molecule has 0 saturated carbocycles. The Balaban J connectivity index is 1.54. The van der Waals surface area contributed by atoms with E-state index < -0.39 is 0 Å². The van der Waals surface area contributed by atoms with E-state index in [1.165, 1.54) is 19.3 Å². The van der Waals surface area contributed by atoms with Gasteiger partial charge in [-0.1, -0.05) is 31.4 Å². The van der Waals surface area contributed by atoms with Crippen LogP contribution in [0.25, 0.3) is 0 Å². The lowest BCUT2D eigenvalue weighted by atomic mass is 9.82. The molecule has 2 saturated heterocycles. The zero-order valence-electron chi connectivity index (χ0n) is 16.5. The highest BCUT2D eigenvalue weighted by atomic mass is 35.5. The van der Waals surface area contributed by atoms with Gasteiger partial charge in [-0.25, -0.2) is 0 Å². The van der Waals surface area contributed by atoms with Gasteiger partial charge in [-0.15, -0.1) is 0 Å². The molecule has 3 heterocycles. The highest BCUT2D eigenvalue weighted by molar-refractivity contribution is 6.31. The van der Waals surface area contributed by atoms with E-state index in [1.807, 2.05) is 6.07 Å². The van der Waals surface area contributed by atoms with Crippen LogP contribution in [-0.2, 0) is 0 Å². The highest BCUT2D eigenvalue weighted by Gasteiger charge is 2.37. The number of nitrogens with one attached hydrogen (secondary N) is 1. The first-order chi connectivity index (χ1) is 13.1. The molecule has 3 aliphatic rings. The zero-order chi connectivity index (χ0) is 19.0. The van der Waals surface area contributed by atoms with E-state index >= 15 is 0 Å². The monoisotopic (exact) mass is 390 g/mol. The Hall–Kier alpha value is -1.26. The molecule has 1 aromatic carbocycles. The average Bonchev–Trinajstić information content (AvgIpc) is 2.62. The Morgan fingerprint density at radius 2 is 2.00 bits per heavy atom. The molecule has 1 aromatic rings. The lowest BCUT2D eigenvalue weighted by Crippen LogP contribution is -2.55. The normalized spacial score (nSPS) is 30.3. The highest BCUT2D eigenvalue weighted by Crippen LogP contribution is 2.41. The van der Waals surface area contributed by atoms with E-state index in [9.17, 15) is 4.79 Å². The fourth-order valence-electron chi connectivity index (χ4n) is 5.35. The van der Waals surface area contributed by atoms with Crippen LogP contribution in [0.5, 0.6) is 5.75 Å². The van der Waals surface area contributed by atoms with Crippen molar-refractivity contribution in [3.63, 3.8) is 0 Å². The molecular formula is C22H31ClN2O2. The van der Waals surface area contributed by atoms with Crippen molar-refractivity contribution in [2.24, 2.45) is 0 Å². The second-order valence-electron chi connectivity index (χ2n) is 8.54. The largest absolute Gasteiger partial charge is 0.492 e. The van der Waals surface area contributed by atoms with Crippen LogP contribution in [0.15, 0.2) is 12.1 Å². The van der Waals surface area contributed by atoms with E-state index in [0.29, 0.717) is 35.2 Å². The Bertz CT molecular complexity index is 694.